The molecule has 0 spiro atoms. The summed E-state index contributed by atoms with van der Waals surface area (Å²) in [6, 6.07) is 4.86. The molecule has 0 bridgehead atoms. The van der Waals surface area contributed by atoms with E-state index in [2.05, 4.69) is 21.2 Å². The summed E-state index contributed by atoms with van der Waals surface area (Å²) >= 11 is 3.20. The summed E-state index contributed by atoms with van der Waals surface area (Å²) in [7, 11) is 0. The van der Waals surface area contributed by atoms with E-state index in [1.54, 1.807) is 12.1 Å². The number of carbonyl (C=O) groups excluding carboxylic acids is 1. The Kier molecular flexibility index (Phi) is 2.67. The van der Waals surface area contributed by atoms with Crippen LogP contribution in [-0.2, 0) is 9.59 Å². The molecule has 2 unspecified atom stereocenters. The van der Waals surface area contributed by atoms with Gasteiger partial charge in [0, 0.05) is 4.47 Å². The van der Waals surface area contributed by atoms with Crippen molar-refractivity contribution in [2.75, 3.05) is 5.32 Å². The molecule has 1 aliphatic heterocycles. The minimum Gasteiger partial charge on any atom is -0.479 e. The van der Waals surface area contributed by atoms with Gasteiger partial charge in [0.05, 0.1) is 5.69 Å². The van der Waals surface area contributed by atoms with Crippen molar-refractivity contribution < 1.29 is 19.1 Å². The summed E-state index contributed by atoms with van der Waals surface area (Å²) in [4.78, 5) is 22.1. The zero-order chi connectivity index (χ0) is 11.9. The Labute approximate surface area is 98.6 Å². The van der Waals surface area contributed by atoms with E-state index in [4.69, 9.17) is 5.11 Å². The molecule has 4 nitrogen and oxygen atoms in total. The summed E-state index contributed by atoms with van der Waals surface area (Å²) in [5.41, 5.74) is 0.815. The van der Waals surface area contributed by atoms with Gasteiger partial charge >= 0.3 is 5.97 Å². The van der Waals surface area contributed by atoms with Crippen LogP contribution in [0, 0.1) is 0 Å². The van der Waals surface area contributed by atoms with E-state index >= 15 is 0 Å². The zero-order valence-corrected chi connectivity index (χ0v) is 9.49. The van der Waals surface area contributed by atoms with Crippen LogP contribution in [-0.4, -0.2) is 23.2 Å². The van der Waals surface area contributed by atoms with Crippen LogP contribution in [0.1, 0.15) is 11.5 Å². The Morgan fingerprint density at radius 1 is 1.56 bits per heavy atom. The van der Waals surface area contributed by atoms with Crippen LogP contribution in [0.5, 0.6) is 0 Å². The predicted molar refractivity (Wildman–Crippen MR) is 58.0 cm³/mol. The highest BCUT2D eigenvalue weighted by atomic mass is 79.9. The highest BCUT2D eigenvalue weighted by Crippen LogP contribution is 2.40. The highest BCUT2D eigenvalue weighted by molar-refractivity contribution is 9.10. The number of hydrogen-bond acceptors (Lipinski definition) is 2. The number of anilines is 1. The summed E-state index contributed by atoms with van der Waals surface area (Å²) in [6.45, 7) is 0. The number of carbonyl (C=O) groups is 2. The molecule has 0 fully saturated rings. The molecule has 0 aromatic heterocycles. The van der Waals surface area contributed by atoms with E-state index in [0.29, 0.717) is 15.7 Å². The number of fused-ring (bicyclic) bond motifs is 1. The summed E-state index contributed by atoms with van der Waals surface area (Å²) in [5, 5.41) is 11.1. The van der Waals surface area contributed by atoms with Crippen LogP contribution in [0.15, 0.2) is 22.7 Å². The standard InChI is InChI=1S/C10H7BrFNO3/c11-5-3-1-2-4-6(7(12)10(15)16)9(14)13-8(4)5/h1-3,6-7H,(H,13,14)(H,15,16). The van der Waals surface area contributed by atoms with E-state index < -0.39 is 24.0 Å². The van der Waals surface area contributed by atoms with E-state index in [9.17, 15) is 14.0 Å². The highest BCUT2D eigenvalue weighted by Gasteiger charge is 2.41. The van der Waals surface area contributed by atoms with Gasteiger partial charge in [0.25, 0.3) is 0 Å². The fourth-order valence-corrected chi connectivity index (χ4v) is 2.19. The third-order valence-corrected chi connectivity index (χ3v) is 3.10. The molecule has 2 rings (SSSR count). The van der Waals surface area contributed by atoms with Gasteiger partial charge < -0.3 is 10.4 Å². The maximum absolute atomic E-state index is 13.4. The van der Waals surface area contributed by atoms with Gasteiger partial charge in [-0.15, -0.1) is 0 Å². The molecule has 0 saturated heterocycles. The number of alkyl halides is 1. The van der Waals surface area contributed by atoms with Crippen molar-refractivity contribution >= 4 is 33.5 Å². The molecule has 84 valence electrons. The van der Waals surface area contributed by atoms with Crippen molar-refractivity contribution in [2.24, 2.45) is 0 Å². The molecule has 1 heterocycles. The molecule has 1 aromatic carbocycles. The van der Waals surface area contributed by atoms with Gasteiger partial charge in [-0.1, -0.05) is 12.1 Å². The fourth-order valence-electron chi connectivity index (χ4n) is 1.71. The van der Waals surface area contributed by atoms with Crippen molar-refractivity contribution in [1.82, 2.24) is 0 Å². The van der Waals surface area contributed by atoms with Crippen LogP contribution in [0.2, 0.25) is 0 Å². The number of halogens is 2. The fraction of sp³-hybridized carbons (Fsp3) is 0.200. The molecule has 6 heteroatoms. The first-order valence-electron chi connectivity index (χ1n) is 4.48. The number of rotatable bonds is 2. The van der Waals surface area contributed by atoms with E-state index in [-0.39, 0.29) is 0 Å². The summed E-state index contributed by atoms with van der Waals surface area (Å²) in [5.74, 6) is -3.53. The Morgan fingerprint density at radius 3 is 2.88 bits per heavy atom. The van der Waals surface area contributed by atoms with E-state index in [1.807, 2.05) is 0 Å². The van der Waals surface area contributed by atoms with E-state index in [0.717, 1.165) is 0 Å². The van der Waals surface area contributed by atoms with Gasteiger partial charge in [0.15, 0.2) is 0 Å². The summed E-state index contributed by atoms with van der Waals surface area (Å²) < 4.78 is 14.0. The van der Waals surface area contributed by atoms with Gasteiger partial charge in [0.1, 0.15) is 5.92 Å². The number of aliphatic carboxylic acids is 1. The molecule has 16 heavy (non-hydrogen) atoms. The number of carboxylic acid groups (broad SMARTS) is 1. The molecule has 2 N–H and O–H groups in total. The molecule has 1 aliphatic rings. The van der Waals surface area contributed by atoms with Gasteiger partial charge in [-0.05, 0) is 27.6 Å². The Balaban J connectivity index is 2.48. The first kappa shape index (κ1) is 11.1. The lowest BCUT2D eigenvalue weighted by molar-refractivity contribution is -0.145. The van der Waals surface area contributed by atoms with Crippen molar-refractivity contribution in [3.63, 3.8) is 0 Å². The maximum atomic E-state index is 13.4. The number of benzene rings is 1. The minimum absolute atomic E-state index is 0.370. The summed E-state index contributed by atoms with van der Waals surface area (Å²) in [6.07, 6.45) is -2.23. The molecule has 0 saturated carbocycles. The van der Waals surface area contributed by atoms with Crippen molar-refractivity contribution in [2.45, 2.75) is 12.1 Å². The van der Waals surface area contributed by atoms with Gasteiger partial charge in [0.2, 0.25) is 12.1 Å². The maximum Gasteiger partial charge on any atom is 0.339 e. The predicted octanol–water partition coefficient (Wildman–Crippen LogP) is 1.91. The van der Waals surface area contributed by atoms with Gasteiger partial charge in [-0.3, -0.25) is 4.79 Å². The third kappa shape index (κ3) is 1.59. The second kappa shape index (κ2) is 3.86. The normalized spacial score (nSPS) is 20.1. The first-order valence-corrected chi connectivity index (χ1v) is 5.28. The smallest absolute Gasteiger partial charge is 0.339 e. The first-order chi connectivity index (χ1) is 7.52. The van der Waals surface area contributed by atoms with Gasteiger partial charge in [-0.2, -0.15) is 0 Å². The SMILES string of the molecule is O=C(O)C(F)C1C(=O)Nc2c(Br)cccc21. The Morgan fingerprint density at radius 2 is 2.25 bits per heavy atom. The van der Waals surface area contributed by atoms with Crippen LogP contribution in [0.25, 0.3) is 0 Å². The van der Waals surface area contributed by atoms with Gasteiger partial charge in [-0.25, -0.2) is 9.18 Å². The number of para-hydroxylation sites is 1. The average Bonchev–Trinajstić information content (AvgIpc) is 2.55. The van der Waals surface area contributed by atoms with E-state index in [1.165, 1.54) is 6.07 Å². The average molecular weight is 288 g/mol. The van der Waals surface area contributed by atoms with Crippen LogP contribution in [0.4, 0.5) is 10.1 Å². The number of nitrogens with one attached hydrogen (secondary N) is 1. The number of carboxylic acids is 1. The molecular formula is C10H7BrFNO3. The molecule has 2 atom stereocenters. The Bertz CT molecular complexity index is 477. The zero-order valence-electron chi connectivity index (χ0n) is 7.91. The monoisotopic (exact) mass is 287 g/mol. The molecule has 0 radical (unpaired) electrons. The molecule has 0 aliphatic carbocycles. The largest absolute Gasteiger partial charge is 0.479 e. The minimum atomic E-state index is -2.23. The van der Waals surface area contributed by atoms with Crippen molar-refractivity contribution in [1.29, 1.82) is 0 Å². The number of hydrogen-bond donors (Lipinski definition) is 2. The second-order valence-corrected chi connectivity index (χ2v) is 4.27. The van der Waals surface area contributed by atoms with Crippen molar-refractivity contribution in [3.05, 3.63) is 28.2 Å². The lowest BCUT2D eigenvalue weighted by atomic mass is 9.96. The second-order valence-electron chi connectivity index (χ2n) is 3.41. The van der Waals surface area contributed by atoms with Crippen LogP contribution in [0.3, 0.4) is 0 Å². The van der Waals surface area contributed by atoms with Crippen molar-refractivity contribution in [3.8, 4) is 0 Å². The quantitative estimate of drug-likeness (QED) is 0.873. The third-order valence-electron chi connectivity index (χ3n) is 2.44. The molecule has 1 aromatic rings. The van der Waals surface area contributed by atoms with Crippen LogP contribution < -0.4 is 5.32 Å². The molecule has 1 amide bonds. The van der Waals surface area contributed by atoms with Crippen LogP contribution >= 0.6 is 15.9 Å². The molecular weight excluding hydrogens is 281 g/mol. The lowest BCUT2D eigenvalue weighted by Gasteiger charge is -2.09. The Hall–Kier alpha value is -1.43. The topological polar surface area (TPSA) is 66.4 Å². The lowest BCUT2D eigenvalue weighted by Crippen LogP contribution is -2.28. The number of amides is 1.